The first-order valence-corrected chi connectivity index (χ1v) is 27.4. The molecule has 0 aliphatic heterocycles. The SMILES string of the molecule is c1ccc(-n2c3ccccc3c3cc(-c4cc5c(s4)c4sc(-c6cc7c(s6)c6sc(-c8ccc9c(c8)c8ccccc8n9-c8ccccc8)cc6n7-c6ccccc6)cc4n5-c4ccccc4)ccc32)cc1. The minimum atomic E-state index is 1.17. The first-order chi connectivity index (χ1) is 35.7. The second-order valence-electron chi connectivity index (χ2n) is 18.5. The molecular weight excluding hydrogens is 953 g/mol. The molecule has 0 saturated heterocycles. The average Bonchev–Trinajstić information content (AvgIpc) is 4.33. The Hall–Kier alpha value is -8.24. The molecule has 0 aliphatic rings. The van der Waals surface area contributed by atoms with Crippen LogP contribution in [0.5, 0.6) is 0 Å². The number of para-hydroxylation sites is 6. The normalized spacial score (nSPS) is 12.2. The van der Waals surface area contributed by atoms with Crippen LogP contribution >= 0.6 is 45.3 Å². The van der Waals surface area contributed by atoms with E-state index in [1.807, 2.05) is 45.3 Å². The lowest BCUT2D eigenvalue weighted by molar-refractivity contribution is 1.18. The van der Waals surface area contributed by atoms with Gasteiger partial charge < -0.3 is 18.3 Å². The van der Waals surface area contributed by atoms with Crippen molar-refractivity contribution < 1.29 is 0 Å². The minimum absolute atomic E-state index is 1.17. The third-order valence-corrected chi connectivity index (χ3v) is 19.6. The van der Waals surface area contributed by atoms with Crippen LogP contribution in [-0.4, -0.2) is 18.3 Å². The van der Waals surface area contributed by atoms with Crippen molar-refractivity contribution in [2.24, 2.45) is 0 Å². The first kappa shape index (κ1) is 40.5. The minimum Gasteiger partial charge on any atom is -0.309 e. The van der Waals surface area contributed by atoms with Crippen molar-refractivity contribution in [1.82, 2.24) is 18.3 Å². The van der Waals surface area contributed by atoms with Crippen molar-refractivity contribution >= 4 is 130 Å². The molecule has 0 atom stereocenters. The average molecular weight is 991 g/mol. The van der Waals surface area contributed by atoms with Crippen molar-refractivity contribution in [3.8, 4) is 53.4 Å². The quantitative estimate of drug-likeness (QED) is 0.152. The van der Waals surface area contributed by atoms with Crippen molar-refractivity contribution in [2.75, 3.05) is 0 Å². The molecule has 16 rings (SSSR count). The van der Waals surface area contributed by atoms with E-state index in [1.165, 1.54) is 138 Å². The van der Waals surface area contributed by atoms with E-state index in [9.17, 15) is 0 Å². The third kappa shape index (κ3) is 5.95. The Morgan fingerprint density at radius 2 is 0.486 bits per heavy atom. The molecule has 0 unspecified atom stereocenters. The number of aromatic nitrogens is 4. The van der Waals surface area contributed by atoms with Crippen LogP contribution in [0.15, 0.2) is 231 Å². The summed E-state index contributed by atoms with van der Waals surface area (Å²) >= 11 is 7.68. The Balaban J connectivity index is 0.846. The number of hydrogen-bond acceptors (Lipinski definition) is 4. The molecule has 0 fully saturated rings. The number of fused-ring (bicyclic) bond motifs is 12. The van der Waals surface area contributed by atoms with E-state index < -0.39 is 0 Å². The number of hydrogen-bond donors (Lipinski definition) is 0. The van der Waals surface area contributed by atoms with Crippen molar-refractivity contribution in [2.45, 2.75) is 0 Å². The lowest BCUT2D eigenvalue weighted by Crippen LogP contribution is -1.92. The lowest BCUT2D eigenvalue weighted by atomic mass is 10.1. The van der Waals surface area contributed by atoms with Gasteiger partial charge in [0, 0.05) is 63.8 Å². The molecule has 0 aliphatic carbocycles. The van der Waals surface area contributed by atoms with Crippen LogP contribution in [0.3, 0.4) is 0 Å². The van der Waals surface area contributed by atoms with Crippen molar-refractivity contribution in [3.05, 3.63) is 231 Å². The van der Waals surface area contributed by atoms with Crippen LogP contribution < -0.4 is 0 Å². The van der Waals surface area contributed by atoms with Gasteiger partial charge in [0.05, 0.1) is 62.9 Å². The largest absolute Gasteiger partial charge is 0.309 e. The summed E-state index contributed by atoms with van der Waals surface area (Å²) in [6, 6.07) is 84.6. The first-order valence-electron chi connectivity index (χ1n) is 24.1. The number of benzene rings is 8. The number of thiophene rings is 4. The van der Waals surface area contributed by atoms with E-state index in [4.69, 9.17) is 0 Å². The molecule has 8 aromatic carbocycles. The highest BCUT2D eigenvalue weighted by atomic mass is 32.1. The smallest absolute Gasteiger partial charge is 0.0711 e. The molecule has 72 heavy (non-hydrogen) atoms. The summed E-state index contributed by atoms with van der Waals surface area (Å²) in [6.45, 7) is 0. The van der Waals surface area contributed by atoms with E-state index in [2.05, 4.69) is 249 Å². The summed E-state index contributed by atoms with van der Waals surface area (Å²) in [5, 5.41) is 5.07. The zero-order chi connectivity index (χ0) is 47.0. The van der Waals surface area contributed by atoms with Crippen molar-refractivity contribution in [1.29, 1.82) is 0 Å². The van der Waals surface area contributed by atoms with Crippen LogP contribution in [0.2, 0.25) is 0 Å². The summed E-state index contributed by atoms with van der Waals surface area (Å²) in [5.41, 5.74) is 17.1. The number of nitrogens with zero attached hydrogens (tertiary/aromatic N) is 4. The van der Waals surface area contributed by atoms with E-state index in [0.717, 1.165) is 0 Å². The Kier molecular flexibility index (Phi) is 8.79. The van der Waals surface area contributed by atoms with Crippen molar-refractivity contribution in [3.63, 3.8) is 0 Å². The van der Waals surface area contributed by atoms with Gasteiger partial charge in [-0.05, 0) is 120 Å². The molecule has 338 valence electrons. The van der Waals surface area contributed by atoms with E-state index >= 15 is 0 Å². The van der Waals surface area contributed by atoms with Crippen LogP contribution in [0.25, 0.3) is 138 Å². The second-order valence-corrected chi connectivity index (χ2v) is 22.7. The van der Waals surface area contributed by atoms with Gasteiger partial charge in [-0.15, -0.1) is 45.3 Å². The summed E-state index contributed by atoms with van der Waals surface area (Å²) < 4.78 is 15.1. The van der Waals surface area contributed by atoms with Gasteiger partial charge >= 0.3 is 0 Å². The Labute approximate surface area is 429 Å². The molecule has 8 aromatic heterocycles. The van der Waals surface area contributed by atoms with Gasteiger partial charge in [0.15, 0.2) is 0 Å². The summed E-state index contributed by atoms with van der Waals surface area (Å²) in [5.74, 6) is 0. The van der Waals surface area contributed by atoms with Crippen LogP contribution in [0.4, 0.5) is 0 Å². The molecule has 0 spiro atoms. The highest BCUT2D eigenvalue weighted by molar-refractivity contribution is 7.34. The molecule has 8 heteroatoms. The Morgan fingerprint density at radius 1 is 0.208 bits per heavy atom. The van der Waals surface area contributed by atoms with E-state index in [-0.39, 0.29) is 0 Å². The molecule has 0 amide bonds. The molecule has 4 nitrogen and oxygen atoms in total. The number of rotatable bonds is 7. The van der Waals surface area contributed by atoms with Gasteiger partial charge in [-0.25, -0.2) is 0 Å². The fourth-order valence-electron chi connectivity index (χ4n) is 11.3. The topological polar surface area (TPSA) is 19.7 Å². The monoisotopic (exact) mass is 990 g/mol. The van der Waals surface area contributed by atoms with E-state index in [1.54, 1.807) is 0 Å². The van der Waals surface area contributed by atoms with Crippen LogP contribution in [0, 0.1) is 0 Å². The van der Waals surface area contributed by atoms with E-state index in [0.29, 0.717) is 0 Å². The standard InChI is InChI=1S/C64H38N4S4/c1-5-17-41(18-6-1)65-49-27-15-13-25-45(49)47-33-39(29-31-51(47)65)57-35-53-61(69-57)63-55(67(53)43-21-9-3-10-22-43)37-59(71-63)60-38-56-64(72-60)62-54(68(56)44-23-11-4-12-24-44)36-58(70-62)40-30-32-52-48(34-40)46-26-14-16-28-50(46)66(52)42-19-7-2-8-20-42/h1-38H. The molecule has 0 bridgehead atoms. The molecule has 16 aromatic rings. The zero-order valence-electron chi connectivity index (χ0n) is 38.4. The highest BCUT2D eigenvalue weighted by Crippen LogP contribution is 2.51. The predicted molar refractivity (Wildman–Crippen MR) is 312 cm³/mol. The van der Waals surface area contributed by atoms with Gasteiger partial charge in [0.1, 0.15) is 0 Å². The summed E-state index contributed by atoms with van der Waals surface area (Å²) in [4.78, 5) is 5.14. The van der Waals surface area contributed by atoms with Gasteiger partial charge in [-0.3, -0.25) is 0 Å². The van der Waals surface area contributed by atoms with Gasteiger partial charge in [-0.1, -0.05) is 121 Å². The maximum Gasteiger partial charge on any atom is 0.0711 e. The summed E-state index contributed by atoms with van der Waals surface area (Å²) in [7, 11) is 0. The molecule has 0 N–H and O–H groups in total. The van der Waals surface area contributed by atoms with Gasteiger partial charge in [-0.2, -0.15) is 0 Å². The fourth-order valence-corrected chi connectivity index (χ4v) is 16.2. The molecular formula is C64H38N4S4. The summed E-state index contributed by atoms with van der Waals surface area (Å²) in [6.07, 6.45) is 0. The Bertz CT molecular complexity index is 4480. The fraction of sp³-hybridized carbons (Fsp3) is 0. The molecule has 0 saturated carbocycles. The maximum atomic E-state index is 2.49. The Morgan fingerprint density at radius 3 is 0.847 bits per heavy atom. The molecule has 8 heterocycles. The zero-order valence-corrected chi connectivity index (χ0v) is 41.6. The third-order valence-electron chi connectivity index (χ3n) is 14.4. The van der Waals surface area contributed by atoms with Crippen LogP contribution in [-0.2, 0) is 0 Å². The van der Waals surface area contributed by atoms with Gasteiger partial charge in [0.25, 0.3) is 0 Å². The predicted octanol–water partition coefficient (Wildman–Crippen LogP) is 19.3. The molecule has 0 radical (unpaired) electrons. The second kappa shape index (κ2) is 15.6. The maximum absolute atomic E-state index is 2.49. The lowest BCUT2D eigenvalue weighted by Gasteiger charge is -2.07. The van der Waals surface area contributed by atoms with Gasteiger partial charge in [0.2, 0.25) is 0 Å². The van der Waals surface area contributed by atoms with Crippen LogP contribution in [0.1, 0.15) is 0 Å². The highest BCUT2D eigenvalue weighted by Gasteiger charge is 2.25.